The van der Waals surface area contributed by atoms with E-state index in [1.165, 1.54) is 4.90 Å². The molecule has 0 radical (unpaired) electrons. The number of nitrogens with one attached hydrogen (secondary N) is 2. The number of ether oxygens (including phenoxy) is 1. The van der Waals surface area contributed by atoms with Crippen molar-refractivity contribution in [1.82, 2.24) is 15.2 Å². The quantitative estimate of drug-likeness (QED) is 0.829. The van der Waals surface area contributed by atoms with Gasteiger partial charge in [0.1, 0.15) is 17.5 Å². The van der Waals surface area contributed by atoms with E-state index in [9.17, 15) is 9.59 Å². The van der Waals surface area contributed by atoms with Crippen molar-refractivity contribution in [2.45, 2.75) is 32.2 Å². The Morgan fingerprint density at radius 1 is 1.23 bits per heavy atom. The van der Waals surface area contributed by atoms with Crippen LogP contribution < -0.4 is 10.1 Å². The second-order valence-corrected chi connectivity index (χ2v) is 7.30. The monoisotopic (exact) mass is 351 g/mol. The van der Waals surface area contributed by atoms with Crippen LogP contribution in [0.2, 0.25) is 0 Å². The number of aromatic nitrogens is 1. The normalized spacial score (nSPS) is 24.7. The predicted octanol–water partition coefficient (Wildman–Crippen LogP) is 2.67. The third-order valence-corrected chi connectivity index (χ3v) is 5.06. The molecule has 6 nitrogen and oxygen atoms in total. The molecule has 6 heteroatoms. The van der Waals surface area contributed by atoms with Crippen LogP contribution in [0.25, 0.3) is 17.0 Å². The zero-order chi connectivity index (χ0) is 18.6. The number of fused-ring (bicyclic) bond motifs is 4. The minimum atomic E-state index is -0.543. The van der Waals surface area contributed by atoms with E-state index in [4.69, 9.17) is 4.74 Å². The van der Waals surface area contributed by atoms with Gasteiger partial charge in [-0.25, -0.2) is 0 Å². The fourth-order valence-corrected chi connectivity index (χ4v) is 3.52. The van der Waals surface area contributed by atoms with Crippen molar-refractivity contribution in [3.05, 3.63) is 47.4 Å². The molecule has 4 rings (SSSR count). The number of hydrogen-bond acceptors (Lipinski definition) is 3. The van der Waals surface area contributed by atoms with Crippen LogP contribution in [0.4, 0.5) is 0 Å². The van der Waals surface area contributed by atoms with Crippen molar-refractivity contribution in [2.75, 3.05) is 7.11 Å². The van der Waals surface area contributed by atoms with Gasteiger partial charge in [-0.15, -0.1) is 0 Å². The Labute approximate surface area is 151 Å². The number of piperazine rings is 1. The molecular weight excluding hydrogens is 330 g/mol. The lowest BCUT2D eigenvalue weighted by Crippen LogP contribution is -2.53. The maximum absolute atomic E-state index is 12.6. The molecule has 1 unspecified atom stereocenters. The number of aromatic amines is 1. The van der Waals surface area contributed by atoms with E-state index >= 15 is 0 Å². The molecule has 0 bridgehead atoms. The summed E-state index contributed by atoms with van der Waals surface area (Å²) >= 11 is 0. The first-order valence-electron chi connectivity index (χ1n) is 8.57. The summed E-state index contributed by atoms with van der Waals surface area (Å²) in [5, 5.41) is 3.71. The zero-order valence-corrected chi connectivity index (χ0v) is 15.2. The fraction of sp³-hybridized carbons (Fsp3) is 0.300. The molecule has 1 fully saturated rings. The number of amides is 2. The van der Waals surface area contributed by atoms with Gasteiger partial charge in [-0.3, -0.25) is 14.5 Å². The van der Waals surface area contributed by atoms with Crippen LogP contribution in [0, 0.1) is 0 Å². The molecule has 2 amide bonds. The minimum absolute atomic E-state index is 0.145. The van der Waals surface area contributed by atoms with Crippen molar-refractivity contribution in [3.63, 3.8) is 0 Å². The van der Waals surface area contributed by atoms with Crippen LogP contribution in [0.3, 0.4) is 0 Å². The van der Waals surface area contributed by atoms with E-state index < -0.39 is 6.04 Å². The van der Waals surface area contributed by atoms with E-state index in [1.807, 2.05) is 24.3 Å². The van der Waals surface area contributed by atoms with Gasteiger partial charge in [0.2, 0.25) is 0 Å². The Balaban J connectivity index is 2.01. The van der Waals surface area contributed by atoms with Crippen LogP contribution in [-0.4, -0.2) is 34.8 Å². The predicted molar refractivity (Wildman–Crippen MR) is 99.4 cm³/mol. The summed E-state index contributed by atoms with van der Waals surface area (Å²) in [7, 11) is 1.63. The van der Waals surface area contributed by atoms with Gasteiger partial charge in [0.15, 0.2) is 0 Å². The molecule has 2 aliphatic rings. The van der Waals surface area contributed by atoms with Crippen LogP contribution in [0.5, 0.6) is 5.75 Å². The summed E-state index contributed by atoms with van der Waals surface area (Å²) in [5.41, 5.74) is 2.81. The first kappa shape index (κ1) is 16.4. The van der Waals surface area contributed by atoms with E-state index in [0.29, 0.717) is 5.70 Å². The number of rotatable bonds is 1. The van der Waals surface area contributed by atoms with Crippen molar-refractivity contribution >= 4 is 28.8 Å². The standard InChI is InChI=1S/C20H21N3O3/c1-11-19(25)23-8-7-20(2,3)17-14(10-16(23)18(24)21-11)13-6-5-12(26-4)9-15(13)22-17/h5-11,22H,1-4H3,(H,21,24)/b8-7-,16-10-. The molecule has 0 aliphatic carbocycles. The summed E-state index contributed by atoms with van der Waals surface area (Å²) in [4.78, 5) is 30.0. The zero-order valence-electron chi connectivity index (χ0n) is 15.2. The minimum Gasteiger partial charge on any atom is -0.497 e. The van der Waals surface area contributed by atoms with Crippen LogP contribution in [0.1, 0.15) is 32.0 Å². The number of carbonyl (C=O) groups excluding carboxylic acids is 2. The van der Waals surface area contributed by atoms with Gasteiger partial charge in [0.05, 0.1) is 7.11 Å². The molecular formula is C20H21N3O3. The second-order valence-electron chi connectivity index (χ2n) is 7.30. The van der Waals surface area contributed by atoms with Crippen LogP contribution >= 0.6 is 0 Å². The Hall–Kier alpha value is -3.02. The molecule has 2 aromatic rings. The highest BCUT2D eigenvalue weighted by Crippen LogP contribution is 2.37. The number of carbonyl (C=O) groups is 2. The molecule has 1 atom stereocenters. The smallest absolute Gasteiger partial charge is 0.269 e. The SMILES string of the molecule is COc1ccc2c3c([nH]c2c1)C(C)(C)/C=C\N1C(=O)C(C)NC(=O)/C1=C/3. The van der Waals surface area contributed by atoms with Gasteiger partial charge in [0, 0.05) is 39.8 Å². The van der Waals surface area contributed by atoms with Gasteiger partial charge < -0.3 is 15.0 Å². The summed E-state index contributed by atoms with van der Waals surface area (Å²) in [5.74, 6) is 0.358. The number of hydrogen-bond donors (Lipinski definition) is 2. The van der Waals surface area contributed by atoms with Crippen LogP contribution in [0.15, 0.2) is 36.2 Å². The average molecular weight is 351 g/mol. The van der Waals surface area contributed by atoms with Crippen molar-refractivity contribution < 1.29 is 14.3 Å². The number of methoxy groups -OCH3 is 1. The Morgan fingerprint density at radius 3 is 2.73 bits per heavy atom. The maximum atomic E-state index is 12.6. The van der Waals surface area contributed by atoms with E-state index in [2.05, 4.69) is 24.1 Å². The molecule has 3 heterocycles. The highest BCUT2D eigenvalue weighted by Gasteiger charge is 2.36. The second kappa shape index (κ2) is 5.49. The largest absolute Gasteiger partial charge is 0.497 e. The number of allylic oxidation sites excluding steroid dienone is 1. The van der Waals surface area contributed by atoms with Gasteiger partial charge in [-0.2, -0.15) is 0 Å². The number of H-pyrrole nitrogens is 1. The summed E-state index contributed by atoms with van der Waals surface area (Å²) in [6.07, 6.45) is 5.46. The number of benzene rings is 1. The van der Waals surface area contributed by atoms with Gasteiger partial charge in [-0.05, 0) is 25.1 Å². The Morgan fingerprint density at radius 2 is 2.00 bits per heavy atom. The number of nitrogens with zero attached hydrogens (tertiary/aromatic N) is 1. The van der Waals surface area contributed by atoms with Crippen molar-refractivity contribution in [2.24, 2.45) is 0 Å². The molecule has 2 N–H and O–H groups in total. The molecule has 1 aromatic heterocycles. The Bertz CT molecular complexity index is 997. The summed E-state index contributed by atoms with van der Waals surface area (Å²) < 4.78 is 5.32. The maximum Gasteiger partial charge on any atom is 0.269 e. The third-order valence-electron chi connectivity index (χ3n) is 5.06. The van der Waals surface area contributed by atoms with Crippen molar-refractivity contribution in [1.29, 1.82) is 0 Å². The molecule has 26 heavy (non-hydrogen) atoms. The molecule has 0 spiro atoms. The summed E-state index contributed by atoms with van der Waals surface area (Å²) in [6.45, 7) is 5.84. The van der Waals surface area contributed by atoms with E-state index in [0.717, 1.165) is 27.9 Å². The molecule has 1 saturated heterocycles. The van der Waals surface area contributed by atoms with Crippen LogP contribution in [-0.2, 0) is 15.0 Å². The molecule has 0 saturated carbocycles. The lowest BCUT2D eigenvalue weighted by molar-refractivity contribution is -0.137. The summed E-state index contributed by atoms with van der Waals surface area (Å²) in [6, 6.07) is 5.25. The molecule has 134 valence electrons. The lowest BCUT2D eigenvalue weighted by atomic mass is 9.85. The molecule has 1 aromatic carbocycles. The fourth-order valence-electron chi connectivity index (χ4n) is 3.52. The first-order chi connectivity index (χ1) is 12.3. The van der Waals surface area contributed by atoms with Crippen molar-refractivity contribution in [3.8, 4) is 5.75 Å². The van der Waals surface area contributed by atoms with E-state index in [-0.39, 0.29) is 17.2 Å². The highest BCUT2D eigenvalue weighted by molar-refractivity contribution is 6.09. The third kappa shape index (κ3) is 2.33. The van der Waals surface area contributed by atoms with Gasteiger partial charge >= 0.3 is 0 Å². The van der Waals surface area contributed by atoms with Gasteiger partial charge in [-0.1, -0.05) is 19.9 Å². The lowest BCUT2D eigenvalue weighted by Gasteiger charge is -2.33. The highest BCUT2D eigenvalue weighted by atomic mass is 16.5. The average Bonchev–Trinajstić information content (AvgIpc) is 2.96. The molecule has 2 aliphatic heterocycles. The van der Waals surface area contributed by atoms with E-state index in [1.54, 1.807) is 26.3 Å². The first-order valence-corrected chi connectivity index (χ1v) is 8.57. The topological polar surface area (TPSA) is 74.4 Å². The van der Waals surface area contributed by atoms with Gasteiger partial charge in [0.25, 0.3) is 11.8 Å². The Kier molecular flexibility index (Phi) is 3.47.